The molecule has 2 N–H and O–H groups in total. The number of hydrogen-bond acceptors (Lipinski definition) is 3. The molecule has 0 unspecified atom stereocenters. The zero-order chi connectivity index (χ0) is 16.1. The number of nitrogens with zero attached hydrogens (tertiary/aromatic N) is 2. The predicted molar refractivity (Wildman–Crippen MR) is 96.0 cm³/mol. The Hall–Kier alpha value is -2.86. The smallest absolute Gasteiger partial charge is 0.175 e. The molecule has 116 valence electrons. The van der Waals surface area contributed by atoms with Gasteiger partial charge in [-0.25, -0.2) is 0 Å². The van der Waals surface area contributed by atoms with Crippen LogP contribution in [0.5, 0.6) is 11.5 Å². The first-order valence-corrected chi connectivity index (χ1v) is 7.49. The molecule has 0 aliphatic carbocycles. The van der Waals surface area contributed by atoms with E-state index in [9.17, 15) is 0 Å². The summed E-state index contributed by atoms with van der Waals surface area (Å²) in [5, 5.41) is 10.8. The van der Waals surface area contributed by atoms with E-state index in [0.29, 0.717) is 5.11 Å². The van der Waals surface area contributed by atoms with E-state index >= 15 is 0 Å². The highest BCUT2D eigenvalue weighted by Gasteiger charge is 2.02. The zero-order valence-corrected chi connectivity index (χ0v) is 13.4. The maximum atomic E-state index is 5.75. The van der Waals surface area contributed by atoms with Gasteiger partial charge in [-0.1, -0.05) is 18.2 Å². The number of anilines is 2. The lowest BCUT2D eigenvalue weighted by molar-refractivity contribution is 0.483. The molecule has 0 spiro atoms. The largest absolute Gasteiger partial charge is 0.457 e. The van der Waals surface area contributed by atoms with E-state index in [1.807, 2.05) is 67.8 Å². The summed E-state index contributed by atoms with van der Waals surface area (Å²) in [5.41, 5.74) is 1.72. The van der Waals surface area contributed by atoms with Crippen molar-refractivity contribution in [3.63, 3.8) is 0 Å². The number of thiocarbonyl (C=S) groups is 1. The number of rotatable bonds is 4. The summed E-state index contributed by atoms with van der Waals surface area (Å²) in [6.07, 6.45) is 3.57. The first-order valence-electron chi connectivity index (χ1n) is 7.09. The Labute approximate surface area is 139 Å². The molecule has 5 nitrogen and oxygen atoms in total. The Bertz CT molecular complexity index is 784. The summed E-state index contributed by atoms with van der Waals surface area (Å²) in [4.78, 5) is 0. The summed E-state index contributed by atoms with van der Waals surface area (Å²) in [5.74, 6) is 1.58. The van der Waals surface area contributed by atoms with E-state index in [4.69, 9.17) is 17.0 Å². The van der Waals surface area contributed by atoms with Crippen LogP contribution in [0, 0.1) is 0 Å². The van der Waals surface area contributed by atoms with Gasteiger partial charge in [-0.2, -0.15) is 5.10 Å². The zero-order valence-electron chi connectivity index (χ0n) is 12.6. The first-order chi connectivity index (χ1) is 11.2. The second kappa shape index (κ2) is 6.93. The Morgan fingerprint density at radius 1 is 0.957 bits per heavy atom. The molecule has 0 bridgehead atoms. The van der Waals surface area contributed by atoms with Gasteiger partial charge in [-0.05, 0) is 48.6 Å². The Morgan fingerprint density at radius 3 is 2.26 bits per heavy atom. The van der Waals surface area contributed by atoms with Crippen molar-refractivity contribution in [1.82, 2.24) is 9.78 Å². The van der Waals surface area contributed by atoms with Gasteiger partial charge in [0, 0.05) is 18.9 Å². The molecule has 0 radical (unpaired) electrons. The van der Waals surface area contributed by atoms with Crippen LogP contribution in [-0.2, 0) is 7.05 Å². The number of nitrogens with one attached hydrogen (secondary N) is 2. The summed E-state index contributed by atoms with van der Waals surface area (Å²) in [6.45, 7) is 0. The molecule has 0 atom stereocenters. The minimum atomic E-state index is 0.509. The second-order valence-electron chi connectivity index (χ2n) is 4.92. The molecule has 0 saturated heterocycles. The quantitative estimate of drug-likeness (QED) is 0.710. The van der Waals surface area contributed by atoms with Crippen LogP contribution in [0.25, 0.3) is 0 Å². The minimum absolute atomic E-state index is 0.509. The van der Waals surface area contributed by atoms with Crippen LogP contribution >= 0.6 is 12.2 Å². The summed E-state index contributed by atoms with van der Waals surface area (Å²) in [6, 6.07) is 17.3. The van der Waals surface area contributed by atoms with Crippen LogP contribution in [0.15, 0.2) is 67.0 Å². The number of aromatic nitrogens is 2. The summed E-state index contributed by atoms with van der Waals surface area (Å²) in [7, 11) is 1.85. The number of benzene rings is 2. The molecule has 0 aliphatic heterocycles. The van der Waals surface area contributed by atoms with Crippen LogP contribution in [-0.4, -0.2) is 14.9 Å². The minimum Gasteiger partial charge on any atom is -0.457 e. The fourth-order valence-corrected chi connectivity index (χ4v) is 2.25. The second-order valence-corrected chi connectivity index (χ2v) is 5.33. The van der Waals surface area contributed by atoms with Crippen molar-refractivity contribution in [2.24, 2.45) is 7.05 Å². The predicted octanol–water partition coefficient (Wildman–Crippen LogP) is 4.02. The maximum absolute atomic E-state index is 5.75. The molecule has 0 fully saturated rings. The van der Waals surface area contributed by atoms with Gasteiger partial charge in [0.2, 0.25) is 0 Å². The standard InChI is InChI=1S/C17H16N4OS/c1-21-12-14(11-18-21)20-17(23)19-13-7-9-16(10-8-13)22-15-5-3-2-4-6-15/h2-12H,1H3,(H2,19,20,23). The van der Waals surface area contributed by atoms with Gasteiger partial charge >= 0.3 is 0 Å². The summed E-state index contributed by atoms with van der Waals surface area (Å²) >= 11 is 5.27. The van der Waals surface area contributed by atoms with Gasteiger partial charge in [0.1, 0.15) is 11.5 Å². The van der Waals surface area contributed by atoms with Crippen molar-refractivity contribution in [2.75, 3.05) is 10.6 Å². The lowest BCUT2D eigenvalue weighted by Crippen LogP contribution is -2.18. The van der Waals surface area contributed by atoms with Gasteiger partial charge in [0.25, 0.3) is 0 Å². The maximum Gasteiger partial charge on any atom is 0.175 e. The van der Waals surface area contributed by atoms with Gasteiger partial charge in [0.05, 0.1) is 11.9 Å². The van der Waals surface area contributed by atoms with Gasteiger partial charge in [-0.3, -0.25) is 4.68 Å². The summed E-state index contributed by atoms with van der Waals surface area (Å²) < 4.78 is 7.46. The fourth-order valence-electron chi connectivity index (χ4n) is 2.01. The molecule has 23 heavy (non-hydrogen) atoms. The number of ether oxygens (including phenoxy) is 1. The Kier molecular flexibility index (Phi) is 4.54. The highest BCUT2D eigenvalue weighted by molar-refractivity contribution is 7.80. The molecule has 2 aromatic carbocycles. The topological polar surface area (TPSA) is 51.1 Å². The molecule has 3 aromatic rings. The van der Waals surface area contributed by atoms with Crippen molar-refractivity contribution in [2.45, 2.75) is 0 Å². The van der Waals surface area contributed by atoms with Crippen LogP contribution in [0.1, 0.15) is 0 Å². The molecule has 0 aliphatic rings. The van der Waals surface area contributed by atoms with Crippen LogP contribution < -0.4 is 15.4 Å². The SMILES string of the molecule is Cn1cc(NC(=S)Nc2ccc(Oc3ccccc3)cc2)cn1. The van der Waals surface area contributed by atoms with Crippen LogP contribution in [0.2, 0.25) is 0 Å². The molecular weight excluding hydrogens is 308 g/mol. The normalized spacial score (nSPS) is 10.1. The molecule has 0 amide bonds. The van der Waals surface area contributed by atoms with Crippen molar-refractivity contribution < 1.29 is 4.74 Å². The van der Waals surface area contributed by atoms with Crippen molar-refractivity contribution in [1.29, 1.82) is 0 Å². The van der Waals surface area contributed by atoms with E-state index in [-0.39, 0.29) is 0 Å². The van der Waals surface area contributed by atoms with Crippen molar-refractivity contribution in [3.05, 3.63) is 67.0 Å². The third-order valence-corrected chi connectivity index (χ3v) is 3.26. The van der Waals surface area contributed by atoms with E-state index in [1.54, 1.807) is 10.9 Å². The Balaban J connectivity index is 1.57. The van der Waals surface area contributed by atoms with E-state index in [0.717, 1.165) is 22.9 Å². The van der Waals surface area contributed by atoms with E-state index < -0.39 is 0 Å². The van der Waals surface area contributed by atoms with Gasteiger partial charge in [0.15, 0.2) is 5.11 Å². The fraction of sp³-hybridized carbons (Fsp3) is 0.0588. The lowest BCUT2D eigenvalue weighted by Gasteiger charge is -2.10. The number of aryl methyl sites for hydroxylation is 1. The molecule has 1 aromatic heterocycles. The molecule has 0 saturated carbocycles. The monoisotopic (exact) mass is 324 g/mol. The number of para-hydroxylation sites is 1. The van der Waals surface area contributed by atoms with E-state index in [2.05, 4.69) is 15.7 Å². The van der Waals surface area contributed by atoms with E-state index in [1.165, 1.54) is 0 Å². The average molecular weight is 324 g/mol. The molecule has 3 rings (SSSR count). The van der Waals surface area contributed by atoms with Gasteiger partial charge in [-0.15, -0.1) is 0 Å². The Morgan fingerprint density at radius 2 is 1.61 bits per heavy atom. The number of hydrogen-bond donors (Lipinski definition) is 2. The van der Waals surface area contributed by atoms with Gasteiger partial charge < -0.3 is 15.4 Å². The van der Waals surface area contributed by atoms with Crippen molar-refractivity contribution >= 4 is 28.7 Å². The van der Waals surface area contributed by atoms with Crippen LogP contribution in [0.4, 0.5) is 11.4 Å². The third kappa shape index (κ3) is 4.31. The lowest BCUT2D eigenvalue weighted by atomic mass is 10.3. The van der Waals surface area contributed by atoms with Crippen molar-refractivity contribution in [3.8, 4) is 11.5 Å². The molecular formula is C17H16N4OS. The highest BCUT2D eigenvalue weighted by atomic mass is 32.1. The molecule has 6 heteroatoms. The average Bonchev–Trinajstić information content (AvgIpc) is 2.95. The molecule has 1 heterocycles. The third-order valence-electron chi connectivity index (χ3n) is 3.05. The highest BCUT2D eigenvalue weighted by Crippen LogP contribution is 2.22. The first kappa shape index (κ1) is 15.1. The van der Waals surface area contributed by atoms with Crippen LogP contribution in [0.3, 0.4) is 0 Å².